The van der Waals surface area contributed by atoms with Gasteiger partial charge in [-0.3, -0.25) is 9.88 Å². The maximum Gasteiger partial charge on any atom is 0.339 e. The van der Waals surface area contributed by atoms with Gasteiger partial charge >= 0.3 is 5.97 Å². The van der Waals surface area contributed by atoms with Crippen molar-refractivity contribution in [2.75, 3.05) is 37.7 Å². The Labute approximate surface area is 142 Å². The summed E-state index contributed by atoms with van der Waals surface area (Å²) in [6.07, 6.45) is 5.31. The number of hydrogen-bond acceptors (Lipinski definition) is 6. The molecule has 3 rings (SSSR count). The van der Waals surface area contributed by atoms with Gasteiger partial charge in [-0.05, 0) is 30.7 Å². The van der Waals surface area contributed by atoms with Gasteiger partial charge in [0.1, 0.15) is 5.82 Å². The van der Waals surface area contributed by atoms with E-state index in [0.29, 0.717) is 12.2 Å². The Balaban J connectivity index is 1.54. The molecule has 126 valence electrons. The normalized spacial score (nSPS) is 15.3. The molecular weight excluding hydrogens is 304 g/mol. The molecule has 0 atom stereocenters. The fourth-order valence-corrected chi connectivity index (χ4v) is 2.79. The second-order valence-electron chi connectivity index (χ2n) is 5.75. The van der Waals surface area contributed by atoms with Crippen LogP contribution >= 0.6 is 0 Å². The van der Waals surface area contributed by atoms with Crippen molar-refractivity contribution in [3.05, 3.63) is 54.0 Å². The van der Waals surface area contributed by atoms with Crippen LogP contribution in [0.15, 0.2) is 42.9 Å². The van der Waals surface area contributed by atoms with E-state index in [0.717, 1.165) is 38.5 Å². The van der Waals surface area contributed by atoms with E-state index in [-0.39, 0.29) is 5.97 Å². The lowest BCUT2D eigenvalue weighted by Gasteiger charge is -2.35. The number of esters is 1. The molecule has 6 heteroatoms. The van der Waals surface area contributed by atoms with E-state index in [4.69, 9.17) is 4.74 Å². The number of hydrogen-bond donors (Lipinski definition) is 0. The molecule has 0 aliphatic carbocycles. The maximum atomic E-state index is 11.7. The topological polar surface area (TPSA) is 58.6 Å². The first-order valence-electron chi connectivity index (χ1n) is 8.25. The second-order valence-corrected chi connectivity index (χ2v) is 5.75. The van der Waals surface area contributed by atoms with E-state index in [2.05, 4.69) is 25.8 Å². The van der Waals surface area contributed by atoms with Crippen molar-refractivity contribution >= 4 is 11.8 Å². The lowest BCUT2D eigenvalue weighted by atomic mass is 10.2. The van der Waals surface area contributed by atoms with Crippen LogP contribution in [0.5, 0.6) is 0 Å². The number of pyridine rings is 2. The van der Waals surface area contributed by atoms with Gasteiger partial charge in [-0.25, -0.2) is 9.78 Å². The summed E-state index contributed by atoms with van der Waals surface area (Å²) in [6.45, 7) is 6.91. The van der Waals surface area contributed by atoms with Crippen molar-refractivity contribution in [2.45, 2.75) is 13.5 Å². The van der Waals surface area contributed by atoms with Crippen molar-refractivity contribution in [1.29, 1.82) is 0 Å². The van der Waals surface area contributed by atoms with E-state index >= 15 is 0 Å². The molecule has 3 heterocycles. The molecule has 1 fully saturated rings. The predicted molar refractivity (Wildman–Crippen MR) is 91.9 cm³/mol. The summed E-state index contributed by atoms with van der Waals surface area (Å²) in [5.74, 6) is 0.585. The van der Waals surface area contributed by atoms with Crippen molar-refractivity contribution in [3.63, 3.8) is 0 Å². The Morgan fingerprint density at radius 2 is 2.00 bits per heavy atom. The highest BCUT2D eigenvalue weighted by Crippen LogP contribution is 2.15. The minimum Gasteiger partial charge on any atom is -0.462 e. The Kier molecular flexibility index (Phi) is 5.38. The summed E-state index contributed by atoms with van der Waals surface area (Å²) in [7, 11) is 0. The molecule has 0 bridgehead atoms. The Hall–Kier alpha value is -2.47. The first-order valence-corrected chi connectivity index (χ1v) is 8.25. The van der Waals surface area contributed by atoms with Gasteiger partial charge in [0.2, 0.25) is 0 Å². The number of rotatable bonds is 5. The average molecular weight is 326 g/mol. The quantitative estimate of drug-likeness (QED) is 0.783. The summed E-state index contributed by atoms with van der Waals surface area (Å²) < 4.78 is 4.98. The molecule has 24 heavy (non-hydrogen) atoms. The summed E-state index contributed by atoms with van der Waals surface area (Å²) in [5, 5.41) is 0. The third-order valence-corrected chi connectivity index (χ3v) is 4.08. The van der Waals surface area contributed by atoms with E-state index < -0.39 is 0 Å². The molecule has 1 aliphatic rings. The molecule has 0 spiro atoms. The van der Waals surface area contributed by atoms with Crippen molar-refractivity contribution in [2.24, 2.45) is 0 Å². The minimum atomic E-state index is -0.321. The summed E-state index contributed by atoms with van der Waals surface area (Å²) in [6, 6.07) is 7.75. The zero-order chi connectivity index (χ0) is 16.8. The number of carbonyl (C=O) groups excluding carboxylic acids is 1. The van der Waals surface area contributed by atoms with Gasteiger partial charge in [0.15, 0.2) is 0 Å². The number of aromatic nitrogens is 2. The molecule has 2 aromatic rings. The number of ether oxygens (including phenoxy) is 1. The monoisotopic (exact) mass is 326 g/mol. The average Bonchev–Trinajstić information content (AvgIpc) is 2.64. The van der Waals surface area contributed by atoms with Gasteiger partial charge in [-0.2, -0.15) is 0 Å². The Bertz CT molecular complexity index is 652. The predicted octanol–water partition coefficient (Wildman–Crippen LogP) is 1.98. The van der Waals surface area contributed by atoms with Gasteiger partial charge < -0.3 is 9.64 Å². The minimum absolute atomic E-state index is 0.321. The van der Waals surface area contributed by atoms with Gasteiger partial charge in [0.05, 0.1) is 12.2 Å². The molecule has 0 saturated carbocycles. The zero-order valence-electron chi connectivity index (χ0n) is 13.9. The van der Waals surface area contributed by atoms with E-state index in [1.165, 1.54) is 5.56 Å². The number of anilines is 1. The molecule has 0 amide bonds. The zero-order valence-corrected chi connectivity index (χ0v) is 13.9. The van der Waals surface area contributed by atoms with Crippen LogP contribution in [0.3, 0.4) is 0 Å². The molecule has 1 saturated heterocycles. The van der Waals surface area contributed by atoms with Crippen LogP contribution in [-0.4, -0.2) is 53.6 Å². The van der Waals surface area contributed by atoms with E-state index in [1.54, 1.807) is 25.4 Å². The van der Waals surface area contributed by atoms with Crippen LogP contribution in [0.25, 0.3) is 0 Å². The number of nitrogens with zero attached hydrogens (tertiary/aromatic N) is 4. The van der Waals surface area contributed by atoms with E-state index in [9.17, 15) is 4.79 Å². The molecule has 0 N–H and O–H groups in total. The molecular formula is C18H22N4O2. The van der Waals surface area contributed by atoms with Crippen molar-refractivity contribution < 1.29 is 9.53 Å². The largest absolute Gasteiger partial charge is 0.462 e. The second kappa shape index (κ2) is 7.88. The highest BCUT2D eigenvalue weighted by atomic mass is 16.5. The van der Waals surface area contributed by atoms with Crippen LogP contribution in [0, 0.1) is 0 Å². The standard InChI is InChI=1S/C18H22N4O2/c1-2-24-18(23)16-5-6-17(20-13-16)22-10-8-21(9-11-22)14-15-4-3-7-19-12-15/h3-7,12-13H,2,8-11,14H2,1H3. The molecule has 0 aromatic carbocycles. The third-order valence-electron chi connectivity index (χ3n) is 4.08. The lowest BCUT2D eigenvalue weighted by molar-refractivity contribution is 0.0526. The Morgan fingerprint density at radius 3 is 2.62 bits per heavy atom. The highest BCUT2D eigenvalue weighted by Gasteiger charge is 2.18. The van der Waals surface area contributed by atoms with Gasteiger partial charge in [0, 0.05) is 51.3 Å². The third kappa shape index (κ3) is 4.08. The van der Waals surface area contributed by atoms with Crippen LogP contribution in [0.4, 0.5) is 5.82 Å². The van der Waals surface area contributed by atoms with Crippen LogP contribution in [0.2, 0.25) is 0 Å². The van der Waals surface area contributed by atoms with Crippen LogP contribution in [0.1, 0.15) is 22.8 Å². The smallest absolute Gasteiger partial charge is 0.339 e. The van der Waals surface area contributed by atoms with E-state index in [1.807, 2.05) is 18.3 Å². The molecule has 6 nitrogen and oxygen atoms in total. The first kappa shape index (κ1) is 16.4. The molecule has 2 aromatic heterocycles. The number of piperazine rings is 1. The van der Waals surface area contributed by atoms with Crippen molar-refractivity contribution in [1.82, 2.24) is 14.9 Å². The summed E-state index contributed by atoms with van der Waals surface area (Å²) >= 11 is 0. The lowest BCUT2D eigenvalue weighted by Crippen LogP contribution is -2.46. The Morgan fingerprint density at radius 1 is 1.17 bits per heavy atom. The SMILES string of the molecule is CCOC(=O)c1ccc(N2CCN(Cc3cccnc3)CC2)nc1. The fourth-order valence-electron chi connectivity index (χ4n) is 2.79. The number of carbonyl (C=O) groups is 1. The molecule has 1 aliphatic heterocycles. The molecule has 0 unspecified atom stereocenters. The van der Waals surface area contributed by atoms with Gasteiger partial charge in [0.25, 0.3) is 0 Å². The maximum absolute atomic E-state index is 11.7. The first-order chi connectivity index (χ1) is 11.8. The van der Waals surface area contributed by atoms with Crippen molar-refractivity contribution in [3.8, 4) is 0 Å². The van der Waals surface area contributed by atoms with Gasteiger partial charge in [-0.1, -0.05) is 6.07 Å². The van der Waals surface area contributed by atoms with Crippen LogP contribution < -0.4 is 4.90 Å². The highest BCUT2D eigenvalue weighted by molar-refractivity contribution is 5.89. The summed E-state index contributed by atoms with van der Waals surface area (Å²) in [5.41, 5.74) is 1.73. The fraction of sp³-hybridized carbons (Fsp3) is 0.389. The summed E-state index contributed by atoms with van der Waals surface area (Å²) in [4.78, 5) is 24.9. The molecule has 0 radical (unpaired) electrons. The van der Waals surface area contributed by atoms with Gasteiger partial charge in [-0.15, -0.1) is 0 Å². The van der Waals surface area contributed by atoms with Crippen LogP contribution in [-0.2, 0) is 11.3 Å².